The van der Waals surface area contributed by atoms with E-state index < -0.39 is 0 Å². The van der Waals surface area contributed by atoms with Crippen LogP contribution in [0.3, 0.4) is 0 Å². The maximum atomic E-state index is 4.98. The van der Waals surface area contributed by atoms with Gasteiger partial charge in [-0.25, -0.2) is 0 Å². The molecule has 0 fully saturated rings. The van der Waals surface area contributed by atoms with Gasteiger partial charge in [0, 0.05) is 18.4 Å². The minimum Gasteiger partial charge on any atom is -0.384 e. The highest BCUT2D eigenvalue weighted by Crippen LogP contribution is 2.15. The molecule has 0 radical (unpaired) electrons. The Morgan fingerprint density at radius 2 is 2.40 bits per heavy atom. The Morgan fingerprint density at radius 1 is 1.60 bits per heavy atom. The van der Waals surface area contributed by atoms with Crippen LogP contribution >= 0.6 is 11.3 Å². The van der Waals surface area contributed by atoms with E-state index in [1.54, 1.807) is 7.11 Å². The summed E-state index contributed by atoms with van der Waals surface area (Å²) in [6.45, 7) is 2.98. The van der Waals surface area contributed by atoms with E-state index in [0.717, 1.165) is 13.0 Å². The van der Waals surface area contributed by atoms with E-state index in [2.05, 4.69) is 18.4 Å². The van der Waals surface area contributed by atoms with Crippen molar-refractivity contribution in [3.05, 3.63) is 21.9 Å². The molecule has 0 amide bonds. The monoisotopic (exact) mass is 156 g/mol. The topological polar surface area (TPSA) is 9.23 Å². The van der Waals surface area contributed by atoms with Crippen molar-refractivity contribution < 1.29 is 4.74 Å². The Morgan fingerprint density at radius 3 is 2.90 bits per heavy atom. The van der Waals surface area contributed by atoms with Crippen LogP contribution in [0.4, 0.5) is 0 Å². The van der Waals surface area contributed by atoms with Crippen molar-refractivity contribution in [2.45, 2.75) is 13.3 Å². The zero-order valence-corrected chi connectivity index (χ0v) is 7.20. The molecule has 1 nitrogen and oxygen atoms in total. The Labute approximate surface area is 65.6 Å². The summed E-state index contributed by atoms with van der Waals surface area (Å²) in [6.07, 6.45) is 1.06. The van der Waals surface area contributed by atoms with Crippen LogP contribution in [0.25, 0.3) is 0 Å². The van der Waals surface area contributed by atoms with E-state index in [-0.39, 0.29) is 0 Å². The molecule has 10 heavy (non-hydrogen) atoms. The minimum atomic E-state index is 0.835. The molecule has 1 aromatic rings. The molecule has 0 spiro atoms. The third kappa shape index (κ3) is 1.82. The van der Waals surface area contributed by atoms with Gasteiger partial charge in [0.25, 0.3) is 0 Å². The molecule has 1 heterocycles. The average Bonchev–Trinajstić information content (AvgIpc) is 2.31. The van der Waals surface area contributed by atoms with E-state index >= 15 is 0 Å². The predicted octanol–water partition coefficient (Wildman–Crippen LogP) is 2.25. The maximum absolute atomic E-state index is 4.98. The van der Waals surface area contributed by atoms with Crippen LogP contribution in [0.1, 0.15) is 10.4 Å². The van der Waals surface area contributed by atoms with Crippen molar-refractivity contribution in [1.29, 1.82) is 0 Å². The van der Waals surface area contributed by atoms with E-state index in [4.69, 9.17) is 4.74 Å². The fourth-order valence-electron chi connectivity index (χ4n) is 0.855. The second kappa shape index (κ2) is 3.74. The summed E-state index contributed by atoms with van der Waals surface area (Å²) in [6, 6.07) is 2.15. The van der Waals surface area contributed by atoms with E-state index in [0.29, 0.717) is 0 Å². The SMILES string of the molecule is COCCc1sccc1C. The number of hydrogen-bond acceptors (Lipinski definition) is 2. The van der Waals surface area contributed by atoms with Gasteiger partial charge in [-0.3, -0.25) is 0 Å². The summed E-state index contributed by atoms with van der Waals surface area (Å²) in [5.74, 6) is 0. The number of aryl methyl sites for hydroxylation is 1. The van der Waals surface area contributed by atoms with Crippen LogP contribution in [0.5, 0.6) is 0 Å². The van der Waals surface area contributed by atoms with Crippen molar-refractivity contribution >= 4 is 11.3 Å². The van der Waals surface area contributed by atoms with Gasteiger partial charge in [-0.1, -0.05) is 0 Å². The summed E-state index contributed by atoms with van der Waals surface area (Å²) in [5, 5.41) is 2.13. The van der Waals surface area contributed by atoms with Crippen molar-refractivity contribution in [1.82, 2.24) is 0 Å². The van der Waals surface area contributed by atoms with Gasteiger partial charge in [0.1, 0.15) is 0 Å². The summed E-state index contributed by atoms with van der Waals surface area (Å²) in [4.78, 5) is 1.45. The molecule has 2 heteroatoms. The summed E-state index contributed by atoms with van der Waals surface area (Å²) < 4.78 is 4.98. The van der Waals surface area contributed by atoms with Gasteiger partial charge in [-0.15, -0.1) is 11.3 Å². The fraction of sp³-hybridized carbons (Fsp3) is 0.500. The lowest BCUT2D eigenvalue weighted by atomic mass is 10.2. The van der Waals surface area contributed by atoms with Crippen molar-refractivity contribution in [2.24, 2.45) is 0 Å². The van der Waals surface area contributed by atoms with Crippen molar-refractivity contribution in [2.75, 3.05) is 13.7 Å². The van der Waals surface area contributed by atoms with Gasteiger partial charge in [0.2, 0.25) is 0 Å². The smallest absolute Gasteiger partial charge is 0.0510 e. The van der Waals surface area contributed by atoms with Gasteiger partial charge in [0.15, 0.2) is 0 Å². The Hall–Kier alpha value is -0.340. The third-order valence-corrected chi connectivity index (χ3v) is 2.58. The van der Waals surface area contributed by atoms with Gasteiger partial charge < -0.3 is 4.74 Å². The molecule has 0 unspecified atom stereocenters. The largest absolute Gasteiger partial charge is 0.384 e. The number of ether oxygens (including phenoxy) is 1. The molecule has 56 valence electrons. The van der Waals surface area contributed by atoms with Crippen LogP contribution in [-0.4, -0.2) is 13.7 Å². The molecule has 1 rings (SSSR count). The Balaban J connectivity index is 2.49. The first kappa shape index (κ1) is 7.76. The fourth-order valence-corrected chi connectivity index (χ4v) is 1.75. The first-order chi connectivity index (χ1) is 4.84. The van der Waals surface area contributed by atoms with Gasteiger partial charge >= 0.3 is 0 Å². The lowest BCUT2D eigenvalue weighted by Crippen LogP contribution is -1.92. The quantitative estimate of drug-likeness (QED) is 0.652. The Bertz CT molecular complexity index is 193. The first-order valence-corrected chi connectivity index (χ1v) is 4.24. The number of rotatable bonds is 3. The molecule has 0 saturated heterocycles. The molecule has 0 saturated carbocycles. The highest BCUT2D eigenvalue weighted by atomic mass is 32.1. The van der Waals surface area contributed by atoms with Crippen LogP contribution in [0.15, 0.2) is 11.4 Å². The summed E-state index contributed by atoms with van der Waals surface area (Å²) >= 11 is 1.81. The second-order valence-corrected chi connectivity index (χ2v) is 3.27. The molecule has 0 aliphatic rings. The highest BCUT2D eigenvalue weighted by Gasteiger charge is 1.97. The molecule has 1 aromatic heterocycles. The summed E-state index contributed by atoms with van der Waals surface area (Å²) in [7, 11) is 1.74. The number of methoxy groups -OCH3 is 1. The second-order valence-electron chi connectivity index (χ2n) is 2.27. The summed E-state index contributed by atoms with van der Waals surface area (Å²) in [5.41, 5.74) is 1.39. The van der Waals surface area contributed by atoms with Gasteiger partial charge in [-0.05, 0) is 23.9 Å². The molecule has 0 aliphatic heterocycles. The molecule has 0 N–H and O–H groups in total. The van der Waals surface area contributed by atoms with Crippen LogP contribution in [0, 0.1) is 6.92 Å². The lowest BCUT2D eigenvalue weighted by Gasteiger charge is -1.96. The van der Waals surface area contributed by atoms with Crippen molar-refractivity contribution in [3.8, 4) is 0 Å². The van der Waals surface area contributed by atoms with Crippen LogP contribution in [-0.2, 0) is 11.2 Å². The van der Waals surface area contributed by atoms with Crippen molar-refractivity contribution in [3.63, 3.8) is 0 Å². The van der Waals surface area contributed by atoms with E-state index in [1.807, 2.05) is 11.3 Å². The molecule has 0 bridgehead atoms. The standard InChI is InChI=1S/C8H12OS/c1-7-4-6-10-8(7)3-5-9-2/h4,6H,3,5H2,1-2H3. The zero-order valence-electron chi connectivity index (χ0n) is 6.39. The third-order valence-electron chi connectivity index (χ3n) is 1.50. The molecule has 0 atom stereocenters. The van der Waals surface area contributed by atoms with Gasteiger partial charge in [-0.2, -0.15) is 0 Å². The van der Waals surface area contributed by atoms with E-state index in [9.17, 15) is 0 Å². The highest BCUT2D eigenvalue weighted by molar-refractivity contribution is 7.10. The molecular formula is C8H12OS. The molecule has 0 aliphatic carbocycles. The molecular weight excluding hydrogens is 144 g/mol. The predicted molar refractivity (Wildman–Crippen MR) is 44.6 cm³/mol. The number of hydrogen-bond donors (Lipinski definition) is 0. The minimum absolute atomic E-state index is 0.835. The maximum Gasteiger partial charge on any atom is 0.0510 e. The number of thiophene rings is 1. The van der Waals surface area contributed by atoms with E-state index in [1.165, 1.54) is 10.4 Å². The first-order valence-electron chi connectivity index (χ1n) is 3.36. The average molecular weight is 156 g/mol. The van der Waals surface area contributed by atoms with Crippen LogP contribution in [0.2, 0.25) is 0 Å². The molecule has 0 aromatic carbocycles. The van der Waals surface area contributed by atoms with Crippen LogP contribution < -0.4 is 0 Å². The van der Waals surface area contributed by atoms with Gasteiger partial charge in [0.05, 0.1) is 6.61 Å². The zero-order chi connectivity index (χ0) is 7.40. The Kier molecular flexibility index (Phi) is 2.90. The normalized spacial score (nSPS) is 10.2. The lowest BCUT2D eigenvalue weighted by molar-refractivity contribution is 0.203.